The normalized spacial score (nSPS) is 11.9. The fourth-order valence-electron chi connectivity index (χ4n) is 2.08. The van der Waals surface area contributed by atoms with Crippen molar-refractivity contribution in [3.8, 4) is 11.5 Å². The molecule has 1 atom stereocenters. The molecule has 2 aromatic carbocycles. The molecule has 0 aliphatic heterocycles. The Bertz CT molecular complexity index is 634. The van der Waals surface area contributed by atoms with Gasteiger partial charge < -0.3 is 14.8 Å². The van der Waals surface area contributed by atoms with Gasteiger partial charge in [-0.25, -0.2) is 4.39 Å². The smallest absolute Gasteiger partial charge is 0.145 e. The fraction of sp³-hybridized carbons (Fsp3) is 0.250. The number of ether oxygens (including phenoxy) is 2. The zero-order valence-electron chi connectivity index (χ0n) is 12.1. The van der Waals surface area contributed by atoms with E-state index >= 15 is 0 Å². The van der Waals surface area contributed by atoms with Crippen molar-refractivity contribution in [1.29, 1.82) is 0 Å². The second-order valence-electron chi connectivity index (χ2n) is 4.60. The van der Waals surface area contributed by atoms with E-state index in [1.54, 1.807) is 26.4 Å². The molecular weight excluding hydrogens is 337 g/mol. The van der Waals surface area contributed by atoms with Gasteiger partial charge in [-0.1, -0.05) is 22.0 Å². The van der Waals surface area contributed by atoms with Crippen molar-refractivity contribution in [3.05, 3.63) is 52.3 Å². The molecule has 0 radical (unpaired) electrons. The van der Waals surface area contributed by atoms with Crippen LogP contribution in [-0.4, -0.2) is 14.2 Å². The summed E-state index contributed by atoms with van der Waals surface area (Å²) in [6.45, 7) is 1.90. The quantitative estimate of drug-likeness (QED) is 0.838. The summed E-state index contributed by atoms with van der Waals surface area (Å²) in [5, 5.41) is 3.25. The van der Waals surface area contributed by atoms with E-state index in [4.69, 9.17) is 9.47 Å². The summed E-state index contributed by atoms with van der Waals surface area (Å²) < 4.78 is 25.2. The molecule has 0 amide bonds. The lowest BCUT2D eigenvalue weighted by Crippen LogP contribution is -2.09. The number of methoxy groups -OCH3 is 2. The first kappa shape index (κ1) is 15.6. The van der Waals surface area contributed by atoms with Crippen LogP contribution in [0.2, 0.25) is 0 Å². The Balaban J connectivity index is 2.24. The Morgan fingerprint density at radius 1 is 1.10 bits per heavy atom. The monoisotopic (exact) mass is 353 g/mol. The molecule has 5 heteroatoms. The van der Waals surface area contributed by atoms with Crippen molar-refractivity contribution in [1.82, 2.24) is 0 Å². The molecule has 0 saturated carbocycles. The minimum atomic E-state index is -0.253. The van der Waals surface area contributed by atoms with Gasteiger partial charge in [-0.2, -0.15) is 0 Å². The molecule has 2 aromatic rings. The van der Waals surface area contributed by atoms with Crippen molar-refractivity contribution in [2.75, 3.05) is 19.5 Å². The van der Waals surface area contributed by atoms with E-state index < -0.39 is 0 Å². The minimum absolute atomic E-state index is 0.194. The lowest BCUT2D eigenvalue weighted by molar-refractivity contribution is 0.395. The van der Waals surface area contributed by atoms with Crippen LogP contribution in [0.25, 0.3) is 0 Å². The first-order valence-electron chi connectivity index (χ1n) is 6.48. The number of rotatable bonds is 5. The van der Waals surface area contributed by atoms with Crippen LogP contribution >= 0.6 is 15.9 Å². The number of halogens is 2. The van der Waals surface area contributed by atoms with Crippen LogP contribution in [-0.2, 0) is 0 Å². The second-order valence-corrected chi connectivity index (χ2v) is 5.51. The molecule has 0 heterocycles. The number of benzene rings is 2. The molecule has 0 aromatic heterocycles. The van der Waals surface area contributed by atoms with Gasteiger partial charge in [-0.3, -0.25) is 0 Å². The Hall–Kier alpha value is -1.75. The van der Waals surface area contributed by atoms with Gasteiger partial charge in [-0.05, 0) is 31.2 Å². The molecule has 0 aliphatic rings. The third-order valence-corrected chi connectivity index (χ3v) is 3.70. The standard InChI is InChI=1S/C16H17BrFNO2/c1-10(13-6-4-11(17)8-14(13)18)19-15-7-5-12(20-2)9-16(15)21-3/h4-10,19H,1-3H3. The van der Waals surface area contributed by atoms with Crippen molar-refractivity contribution in [2.45, 2.75) is 13.0 Å². The Labute approximate surface area is 132 Å². The molecule has 0 fully saturated rings. The zero-order chi connectivity index (χ0) is 15.4. The molecular formula is C16H17BrFNO2. The van der Waals surface area contributed by atoms with Crippen LogP contribution in [0.1, 0.15) is 18.5 Å². The highest BCUT2D eigenvalue weighted by Gasteiger charge is 2.13. The van der Waals surface area contributed by atoms with Crippen LogP contribution in [0.4, 0.5) is 10.1 Å². The van der Waals surface area contributed by atoms with E-state index in [1.165, 1.54) is 6.07 Å². The summed E-state index contributed by atoms with van der Waals surface area (Å²) in [6.07, 6.45) is 0. The molecule has 0 bridgehead atoms. The van der Waals surface area contributed by atoms with Gasteiger partial charge in [-0.15, -0.1) is 0 Å². The van der Waals surface area contributed by atoms with Gasteiger partial charge in [0, 0.05) is 16.1 Å². The number of nitrogens with one attached hydrogen (secondary N) is 1. The average Bonchev–Trinajstić information content (AvgIpc) is 2.47. The SMILES string of the molecule is COc1ccc(NC(C)c2ccc(Br)cc2F)c(OC)c1. The van der Waals surface area contributed by atoms with Gasteiger partial charge >= 0.3 is 0 Å². The zero-order valence-corrected chi connectivity index (χ0v) is 13.7. The number of anilines is 1. The summed E-state index contributed by atoms with van der Waals surface area (Å²) >= 11 is 3.26. The van der Waals surface area contributed by atoms with Crippen molar-refractivity contribution in [3.63, 3.8) is 0 Å². The Morgan fingerprint density at radius 2 is 1.86 bits per heavy atom. The molecule has 1 N–H and O–H groups in total. The van der Waals surface area contributed by atoms with E-state index in [-0.39, 0.29) is 11.9 Å². The van der Waals surface area contributed by atoms with Crippen LogP contribution in [0, 0.1) is 5.82 Å². The van der Waals surface area contributed by atoms with E-state index in [0.717, 1.165) is 10.2 Å². The van der Waals surface area contributed by atoms with Crippen LogP contribution in [0.3, 0.4) is 0 Å². The van der Waals surface area contributed by atoms with Gasteiger partial charge in [0.25, 0.3) is 0 Å². The summed E-state index contributed by atoms with van der Waals surface area (Å²) in [7, 11) is 3.19. The maximum absolute atomic E-state index is 14.0. The van der Waals surface area contributed by atoms with E-state index in [0.29, 0.717) is 17.1 Å². The highest BCUT2D eigenvalue weighted by Crippen LogP contribution is 2.32. The van der Waals surface area contributed by atoms with Crippen molar-refractivity contribution in [2.24, 2.45) is 0 Å². The first-order valence-corrected chi connectivity index (χ1v) is 7.28. The fourth-order valence-corrected chi connectivity index (χ4v) is 2.41. The third kappa shape index (κ3) is 3.67. The maximum Gasteiger partial charge on any atom is 0.145 e. The summed E-state index contributed by atoms with van der Waals surface area (Å²) in [5.74, 6) is 1.11. The van der Waals surface area contributed by atoms with Gasteiger partial charge in [0.05, 0.1) is 25.9 Å². The largest absolute Gasteiger partial charge is 0.497 e. The maximum atomic E-state index is 14.0. The summed E-state index contributed by atoms with van der Waals surface area (Å²) in [4.78, 5) is 0. The molecule has 0 aliphatic carbocycles. The minimum Gasteiger partial charge on any atom is -0.497 e. The van der Waals surface area contributed by atoms with E-state index in [1.807, 2.05) is 25.1 Å². The molecule has 112 valence electrons. The summed E-state index contributed by atoms with van der Waals surface area (Å²) in [6, 6.07) is 10.3. The molecule has 0 saturated heterocycles. The lowest BCUT2D eigenvalue weighted by atomic mass is 10.1. The third-order valence-electron chi connectivity index (χ3n) is 3.21. The lowest BCUT2D eigenvalue weighted by Gasteiger charge is -2.19. The van der Waals surface area contributed by atoms with Gasteiger partial charge in [0.15, 0.2) is 0 Å². The molecule has 0 spiro atoms. The Morgan fingerprint density at radius 3 is 2.48 bits per heavy atom. The molecule has 1 unspecified atom stereocenters. The van der Waals surface area contributed by atoms with Crippen LogP contribution in [0.5, 0.6) is 11.5 Å². The Kier molecular flexibility index (Phi) is 5.07. The summed E-state index contributed by atoms with van der Waals surface area (Å²) in [5.41, 5.74) is 1.38. The average molecular weight is 354 g/mol. The predicted molar refractivity (Wildman–Crippen MR) is 85.7 cm³/mol. The van der Waals surface area contributed by atoms with Gasteiger partial charge in [0.1, 0.15) is 17.3 Å². The molecule has 3 nitrogen and oxygen atoms in total. The van der Waals surface area contributed by atoms with Crippen LogP contribution in [0.15, 0.2) is 40.9 Å². The molecule has 21 heavy (non-hydrogen) atoms. The highest BCUT2D eigenvalue weighted by atomic mass is 79.9. The van der Waals surface area contributed by atoms with Gasteiger partial charge in [0.2, 0.25) is 0 Å². The number of hydrogen-bond acceptors (Lipinski definition) is 3. The van der Waals surface area contributed by atoms with E-state index in [9.17, 15) is 4.39 Å². The topological polar surface area (TPSA) is 30.5 Å². The second kappa shape index (κ2) is 6.80. The van der Waals surface area contributed by atoms with Crippen LogP contribution < -0.4 is 14.8 Å². The first-order chi connectivity index (χ1) is 10.0. The highest BCUT2D eigenvalue weighted by molar-refractivity contribution is 9.10. The molecule has 2 rings (SSSR count). The van der Waals surface area contributed by atoms with E-state index in [2.05, 4.69) is 21.2 Å². The predicted octanol–water partition coefficient (Wildman–Crippen LogP) is 4.78. The van der Waals surface area contributed by atoms with Crippen molar-refractivity contribution >= 4 is 21.6 Å². The number of hydrogen-bond donors (Lipinski definition) is 1. The van der Waals surface area contributed by atoms with Crippen molar-refractivity contribution < 1.29 is 13.9 Å².